The van der Waals surface area contributed by atoms with Crippen LogP contribution in [0.5, 0.6) is 0 Å². The van der Waals surface area contributed by atoms with Crippen LogP contribution >= 0.6 is 0 Å². The van der Waals surface area contributed by atoms with Crippen LogP contribution in [0.1, 0.15) is 12.0 Å². The Morgan fingerprint density at radius 3 is 2.30 bits per heavy atom. The van der Waals surface area contributed by atoms with Crippen molar-refractivity contribution in [1.82, 2.24) is 0 Å². The molecule has 20 heavy (non-hydrogen) atoms. The molecule has 0 spiro atoms. The molecule has 0 amide bonds. The van der Waals surface area contributed by atoms with Crippen molar-refractivity contribution in [3.05, 3.63) is 29.8 Å². The lowest BCUT2D eigenvalue weighted by molar-refractivity contribution is -0.136. The third kappa shape index (κ3) is 3.18. The minimum absolute atomic E-state index is 0.0359. The lowest BCUT2D eigenvalue weighted by Crippen LogP contribution is -2.22. The quantitative estimate of drug-likeness (QED) is 0.854. The van der Waals surface area contributed by atoms with E-state index in [-0.39, 0.29) is 29.2 Å². The topological polar surface area (TPSA) is 106 Å². The summed E-state index contributed by atoms with van der Waals surface area (Å²) in [5.41, 5.74) is 0.496. The average Bonchev–Trinajstić information content (AvgIpc) is 2.70. The normalized spacial score (nSPS) is 21.7. The molecule has 1 aliphatic heterocycles. The van der Waals surface area contributed by atoms with E-state index >= 15 is 0 Å². The molecule has 0 saturated carbocycles. The standard InChI is InChI=1S/C12H14O6S2/c13-12(14)7-9-1-3-10(4-2-9)20(17,18)11-5-6-19(15,16)8-11/h1-4,11H,5-8H2,(H,13,14). The third-order valence-corrected chi connectivity index (χ3v) is 7.42. The molecule has 0 bridgehead atoms. The summed E-state index contributed by atoms with van der Waals surface area (Å²) in [5.74, 6) is -1.44. The fraction of sp³-hybridized carbons (Fsp3) is 0.417. The Hall–Kier alpha value is -1.41. The Morgan fingerprint density at radius 1 is 1.25 bits per heavy atom. The van der Waals surface area contributed by atoms with Crippen LogP contribution in [-0.2, 0) is 30.9 Å². The van der Waals surface area contributed by atoms with Crippen molar-refractivity contribution < 1.29 is 26.7 Å². The molecule has 1 fully saturated rings. The first kappa shape index (κ1) is 15.0. The zero-order valence-electron chi connectivity index (χ0n) is 10.5. The van der Waals surface area contributed by atoms with E-state index in [0.717, 1.165) is 0 Å². The van der Waals surface area contributed by atoms with Gasteiger partial charge in [0.1, 0.15) is 0 Å². The van der Waals surface area contributed by atoms with Crippen molar-refractivity contribution >= 4 is 25.6 Å². The van der Waals surface area contributed by atoms with Crippen LogP contribution in [0.3, 0.4) is 0 Å². The first-order valence-corrected chi connectivity index (χ1v) is 9.32. The van der Waals surface area contributed by atoms with Crippen LogP contribution in [0.4, 0.5) is 0 Å². The largest absolute Gasteiger partial charge is 0.481 e. The molecule has 110 valence electrons. The highest BCUT2D eigenvalue weighted by Gasteiger charge is 2.37. The molecule has 0 aliphatic carbocycles. The van der Waals surface area contributed by atoms with Crippen LogP contribution in [0.15, 0.2) is 29.2 Å². The van der Waals surface area contributed by atoms with Gasteiger partial charge in [-0.25, -0.2) is 16.8 Å². The fourth-order valence-electron chi connectivity index (χ4n) is 2.17. The van der Waals surface area contributed by atoms with Crippen molar-refractivity contribution in [1.29, 1.82) is 0 Å². The second-order valence-electron chi connectivity index (χ2n) is 4.78. The van der Waals surface area contributed by atoms with Crippen LogP contribution < -0.4 is 0 Å². The molecule has 6 nitrogen and oxygen atoms in total. The summed E-state index contributed by atoms with van der Waals surface area (Å²) in [7, 11) is -6.95. The summed E-state index contributed by atoms with van der Waals surface area (Å²) in [6.07, 6.45) is -0.0698. The van der Waals surface area contributed by atoms with Gasteiger partial charge >= 0.3 is 5.97 Å². The van der Waals surface area contributed by atoms with Crippen molar-refractivity contribution in [2.24, 2.45) is 0 Å². The third-order valence-electron chi connectivity index (χ3n) is 3.24. The molecule has 1 N–H and O–H groups in total. The van der Waals surface area contributed by atoms with Gasteiger partial charge in [0.25, 0.3) is 0 Å². The number of hydrogen-bond donors (Lipinski definition) is 1. The van der Waals surface area contributed by atoms with Crippen molar-refractivity contribution in [3.63, 3.8) is 0 Å². The molecule has 8 heteroatoms. The molecular weight excluding hydrogens is 304 g/mol. The minimum atomic E-state index is -3.68. The first-order valence-electron chi connectivity index (χ1n) is 5.96. The van der Waals surface area contributed by atoms with Gasteiger partial charge in [0.15, 0.2) is 19.7 Å². The van der Waals surface area contributed by atoms with E-state index in [1.54, 1.807) is 0 Å². The Bertz CT molecular complexity index is 716. The second-order valence-corrected chi connectivity index (χ2v) is 9.24. The summed E-state index contributed by atoms with van der Waals surface area (Å²) >= 11 is 0. The Morgan fingerprint density at radius 2 is 1.85 bits per heavy atom. The zero-order valence-corrected chi connectivity index (χ0v) is 12.2. The Kier molecular flexibility index (Phi) is 3.88. The van der Waals surface area contributed by atoms with Gasteiger partial charge in [0.2, 0.25) is 0 Å². The summed E-state index contributed by atoms with van der Waals surface area (Å²) in [5, 5.41) is 7.74. The molecule has 1 aromatic rings. The van der Waals surface area contributed by atoms with Crippen LogP contribution in [-0.4, -0.2) is 44.7 Å². The summed E-state index contributed by atoms with van der Waals surface area (Å²) in [4.78, 5) is 10.6. The second kappa shape index (κ2) is 5.17. The van der Waals surface area contributed by atoms with Gasteiger partial charge in [0, 0.05) is 0 Å². The highest BCUT2D eigenvalue weighted by atomic mass is 32.2. The van der Waals surface area contributed by atoms with E-state index < -0.39 is 30.9 Å². The van der Waals surface area contributed by atoms with Crippen LogP contribution in [0, 0.1) is 0 Å². The lowest BCUT2D eigenvalue weighted by Gasteiger charge is -2.10. The summed E-state index contributed by atoms with van der Waals surface area (Å²) in [6, 6.07) is 5.53. The summed E-state index contributed by atoms with van der Waals surface area (Å²) in [6.45, 7) is 0. The number of carbonyl (C=O) groups is 1. The maximum absolute atomic E-state index is 12.3. The Balaban J connectivity index is 2.24. The fourth-order valence-corrected chi connectivity index (χ4v) is 6.53. The predicted octanol–water partition coefficient (Wildman–Crippen LogP) is 0.275. The maximum Gasteiger partial charge on any atom is 0.307 e. The van der Waals surface area contributed by atoms with Gasteiger partial charge in [-0.1, -0.05) is 12.1 Å². The number of aliphatic carboxylic acids is 1. The number of rotatable bonds is 4. The van der Waals surface area contributed by atoms with E-state index in [1.165, 1.54) is 24.3 Å². The van der Waals surface area contributed by atoms with Gasteiger partial charge in [-0.05, 0) is 24.1 Å². The minimum Gasteiger partial charge on any atom is -0.481 e. The highest BCUT2D eigenvalue weighted by Crippen LogP contribution is 2.25. The zero-order chi connectivity index (χ0) is 15.0. The number of benzene rings is 1. The number of sulfone groups is 2. The summed E-state index contributed by atoms with van der Waals surface area (Å²) < 4.78 is 47.3. The number of carboxylic acid groups (broad SMARTS) is 1. The molecule has 1 heterocycles. The highest BCUT2D eigenvalue weighted by molar-refractivity contribution is 7.96. The molecule has 1 aromatic carbocycles. The van der Waals surface area contributed by atoms with Crippen LogP contribution in [0.25, 0.3) is 0 Å². The lowest BCUT2D eigenvalue weighted by atomic mass is 10.2. The number of carboxylic acids is 1. The molecule has 1 saturated heterocycles. The van der Waals surface area contributed by atoms with Crippen molar-refractivity contribution in [2.45, 2.75) is 23.0 Å². The molecule has 0 aromatic heterocycles. The maximum atomic E-state index is 12.3. The molecule has 1 atom stereocenters. The molecule has 0 radical (unpaired) electrons. The van der Waals surface area contributed by atoms with Gasteiger partial charge < -0.3 is 5.11 Å². The van der Waals surface area contributed by atoms with Gasteiger partial charge in [-0.2, -0.15) is 0 Å². The van der Waals surface area contributed by atoms with E-state index in [9.17, 15) is 21.6 Å². The monoisotopic (exact) mass is 318 g/mol. The molecular formula is C12H14O6S2. The van der Waals surface area contributed by atoms with E-state index in [0.29, 0.717) is 5.56 Å². The van der Waals surface area contributed by atoms with Crippen molar-refractivity contribution in [3.8, 4) is 0 Å². The van der Waals surface area contributed by atoms with Gasteiger partial charge in [-0.15, -0.1) is 0 Å². The van der Waals surface area contributed by atoms with E-state index in [1.807, 2.05) is 0 Å². The van der Waals surface area contributed by atoms with E-state index in [2.05, 4.69) is 0 Å². The smallest absolute Gasteiger partial charge is 0.307 e. The van der Waals surface area contributed by atoms with Gasteiger partial charge in [-0.3, -0.25) is 4.79 Å². The first-order chi connectivity index (χ1) is 9.21. The van der Waals surface area contributed by atoms with Crippen LogP contribution in [0.2, 0.25) is 0 Å². The average molecular weight is 318 g/mol. The van der Waals surface area contributed by atoms with Gasteiger partial charge in [0.05, 0.1) is 28.1 Å². The predicted molar refractivity (Wildman–Crippen MR) is 72.0 cm³/mol. The SMILES string of the molecule is O=C(O)Cc1ccc(S(=O)(=O)C2CCS(=O)(=O)C2)cc1. The molecule has 2 rings (SSSR count). The van der Waals surface area contributed by atoms with E-state index in [4.69, 9.17) is 5.11 Å². The number of hydrogen-bond acceptors (Lipinski definition) is 5. The molecule has 1 aliphatic rings. The molecule has 1 unspecified atom stereocenters. The Labute approximate surface area is 117 Å². The van der Waals surface area contributed by atoms with Crippen molar-refractivity contribution in [2.75, 3.05) is 11.5 Å².